The summed E-state index contributed by atoms with van der Waals surface area (Å²) in [7, 11) is 0. The van der Waals surface area contributed by atoms with E-state index in [4.69, 9.17) is 5.73 Å². The van der Waals surface area contributed by atoms with Crippen LogP contribution in [-0.4, -0.2) is 5.91 Å². The molecule has 0 radical (unpaired) electrons. The Morgan fingerprint density at radius 2 is 2.17 bits per heavy atom. The normalized spacial score (nSPS) is 12.1. The summed E-state index contributed by atoms with van der Waals surface area (Å²) in [5.74, 6) is -0.871. The number of benzene rings is 1. The first-order valence-electron chi connectivity index (χ1n) is 5.13. The van der Waals surface area contributed by atoms with E-state index in [0.29, 0.717) is 5.69 Å². The van der Waals surface area contributed by atoms with Crippen LogP contribution in [0.2, 0.25) is 0 Å². The Morgan fingerprint density at radius 3 is 2.72 bits per heavy atom. The fraction of sp³-hybridized carbons (Fsp3) is 0.0833. The predicted molar refractivity (Wildman–Crippen MR) is 74.0 cm³/mol. The van der Waals surface area contributed by atoms with Gasteiger partial charge in [0.2, 0.25) is 5.91 Å². The molecule has 1 amide bonds. The van der Waals surface area contributed by atoms with E-state index in [1.165, 1.54) is 23.5 Å². The summed E-state index contributed by atoms with van der Waals surface area (Å²) < 4.78 is 14.0. The number of amides is 1. The van der Waals surface area contributed by atoms with Crippen LogP contribution in [0.4, 0.5) is 10.1 Å². The maximum atomic E-state index is 13.1. The number of nitrogens with one attached hydrogen (secondary N) is 1. The molecular formula is C12H10BrFN2OS. The lowest BCUT2D eigenvalue weighted by Crippen LogP contribution is -2.27. The van der Waals surface area contributed by atoms with Crippen molar-refractivity contribution in [1.82, 2.24) is 0 Å². The first-order chi connectivity index (χ1) is 8.56. The van der Waals surface area contributed by atoms with Gasteiger partial charge in [-0.2, -0.15) is 0 Å². The first-order valence-corrected chi connectivity index (χ1v) is 6.74. The minimum Gasteiger partial charge on any atom is -0.369 e. The smallest absolute Gasteiger partial charge is 0.245 e. The molecule has 2 aromatic rings. The number of anilines is 1. The Morgan fingerprint density at radius 1 is 1.39 bits per heavy atom. The number of primary amides is 1. The number of rotatable bonds is 4. The Labute approximate surface area is 116 Å². The van der Waals surface area contributed by atoms with Crippen molar-refractivity contribution in [3.8, 4) is 0 Å². The van der Waals surface area contributed by atoms with Crippen molar-refractivity contribution in [3.63, 3.8) is 0 Å². The summed E-state index contributed by atoms with van der Waals surface area (Å²) in [5, 5.41) is 2.92. The molecule has 0 aliphatic heterocycles. The zero-order chi connectivity index (χ0) is 13.1. The molecule has 0 aliphatic carbocycles. The van der Waals surface area contributed by atoms with Gasteiger partial charge in [-0.1, -0.05) is 6.07 Å². The maximum Gasteiger partial charge on any atom is 0.245 e. The van der Waals surface area contributed by atoms with E-state index in [2.05, 4.69) is 21.2 Å². The highest BCUT2D eigenvalue weighted by Crippen LogP contribution is 2.29. The molecule has 3 nitrogen and oxygen atoms in total. The molecule has 0 bridgehead atoms. The van der Waals surface area contributed by atoms with Crippen molar-refractivity contribution in [2.45, 2.75) is 6.04 Å². The standard InChI is InChI=1S/C12H10BrFN2OS/c13-10-5-4-9(18-10)11(12(15)17)16-8-3-1-2-7(14)6-8/h1-6,11,16H,(H2,15,17). The molecule has 0 saturated carbocycles. The van der Waals surface area contributed by atoms with Gasteiger partial charge < -0.3 is 11.1 Å². The van der Waals surface area contributed by atoms with Gasteiger partial charge in [0.05, 0.1) is 3.79 Å². The third kappa shape index (κ3) is 3.08. The molecule has 1 atom stereocenters. The topological polar surface area (TPSA) is 55.1 Å². The lowest BCUT2D eigenvalue weighted by Gasteiger charge is -2.15. The molecule has 3 N–H and O–H groups in total. The molecule has 0 fully saturated rings. The van der Waals surface area contributed by atoms with E-state index < -0.39 is 11.9 Å². The van der Waals surface area contributed by atoms with E-state index in [1.54, 1.807) is 18.2 Å². The van der Waals surface area contributed by atoms with Gasteiger partial charge in [0.25, 0.3) is 0 Å². The van der Waals surface area contributed by atoms with Gasteiger partial charge in [-0.25, -0.2) is 4.39 Å². The van der Waals surface area contributed by atoms with E-state index in [0.717, 1.165) is 8.66 Å². The molecule has 1 heterocycles. The van der Waals surface area contributed by atoms with Crippen LogP contribution in [0.25, 0.3) is 0 Å². The zero-order valence-electron chi connectivity index (χ0n) is 9.19. The van der Waals surface area contributed by atoms with Gasteiger partial charge in [0.1, 0.15) is 11.9 Å². The minimum absolute atomic E-state index is 0.365. The van der Waals surface area contributed by atoms with Crippen LogP contribution in [0.15, 0.2) is 40.2 Å². The number of thiophene rings is 1. The van der Waals surface area contributed by atoms with Crippen LogP contribution < -0.4 is 11.1 Å². The molecule has 1 aromatic carbocycles. The van der Waals surface area contributed by atoms with Crippen LogP contribution in [0.3, 0.4) is 0 Å². The molecule has 0 saturated heterocycles. The van der Waals surface area contributed by atoms with Gasteiger partial charge in [0.15, 0.2) is 0 Å². The Hall–Kier alpha value is -1.40. The van der Waals surface area contributed by atoms with Gasteiger partial charge >= 0.3 is 0 Å². The second-order valence-electron chi connectivity index (χ2n) is 3.63. The molecule has 2 rings (SSSR count). The zero-order valence-corrected chi connectivity index (χ0v) is 11.6. The molecule has 1 unspecified atom stereocenters. The van der Waals surface area contributed by atoms with Crippen LogP contribution in [0.1, 0.15) is 10.9 Å². The molecule has 94 valence electrons. The highest BCUT2D eigenvalue weighted by Gasteiger charge is 2.19. The average molecular weight is 329 g/mol. The van der Waals surface area contributed by atoms with Crippen molar-refractivity contribution >= 4 is 38.9 Å². The molecule has 0 aliphatic rings. The summed E-state index contributed by atoms with van der Waals surface area (Å²) in [6, 6.07) is 8.88. The summed E-state index contributed by atoms with van der Waals surface area (Å²) in [5.41, 5.74) is 5.88. The van der Waals surface area contributed by atoms with Crippen molar-refractivity contribution in [3.05, 3.63) is 50.9 Å². The van der Waals surface area contributed by atoms with Crippen molar-refractivity contribution in [2.75, 3.05) is 5.32 Å². The molecular weight excluding hydrogens is 319 g/mol. The number of hydrogen-bond donors (Lipinski definition) is 2. The SMILES string of the molecule is NC(=O)C(Nc1cccc(F)c1)c1ccc(Br)s1. The fourth-order valence-electron chi connectivity index (χ4n) is 1.51. The number of nitrogens with two attached hydrogens (primary N) is 1. The van der Waals surface area contributed by atoms with Crippen LogP contribution in [-0.2, 0) is 4.79 Å². The lowest BCUT2D eigenvalue weighted by atomic mass is 10.2. The third-order valence-corrected chi connectivity index (χ3v) is 3.99. The van der Waals surface area contributed by atoms with Gasteiger partial charge in [0, 0.05) is 10.6 Å². The number of carbonyl (C=O) groups excluding carboxylic acids is 1. The molecule has 0 spiro atoms. The second kappa shape index (κ2) is 5.49. The van der Waals surface area contributed by atoms with E-state index >= 15 is 0 Å². The number of hydrogen-bond acceptors (Lipinski definition) is 3. The fourth-order valence-corrected chi connectivity index (χ4v) is 2.99. The van der Waals surface area contributed by atoms with E-state index in [-0.39, 0.29) is 5.82 Å². The van der Waals surface area contributed by atoms with Gasteiger partial charge in [-0.3, -0.25) is 4.79 Å². The number of halogens is 2. The van der Waals surface area contributed by atoms with Crippen LogP contribution in [0, 0.1) is 5.82 Å². The summed E-state index contributed by atoms with van der Waals surface area (Å²) >= 11 is 4.73. The van der Waals surface area contributed by atoms with Gasteiger partial charge in [-0.15, -0.1) is 11.3 Å². The largest absolute Gasteiger partial charge is 0.369 e. The Bertz CT molecular complexity index is 573. The van der Waals surface area contributed by atoms with Crippen molar-refractivity contribution in [2.24, 2.45) is 5.73 Å². The van der Waals surface area contributed by atoms with Crippen LogP contribution >= 0.6 is 27.3 Å². The van der Waals surface area contributed by atoms with Crippen LogP contribution in [0.5, 0.6) is 0 Å². The lowest BCUT2D eigenvalue weighted by molar-refractivity contribution is -0.118. The first kappa shape index (κ1) is 13.0. The quantitative estimate of drug-likeness (QED) is 0.904. The second-order valence-corrected chi connectivity index (χ2v) is 6.13. The molecule has 18 heavy (non-hydrogen) atoms. The van der Waals surface area contributed by atoms with Crippen molar-refractivity contribution in [1.29, 1.82) is 0 Å². The summed E-state index contributed by atoms with van der Waals surface area (Å²) in [6.45, 7) is 0. The van der Waals surface area contributed by atoms with Gasteiger partial charge in [-0.05, 0) is 46.3 Å². The highest BCUT2D eigenvalue weighted by atomic mass is 79.9. The average Bonchev–Trinajstić information content (AvgIpc) is 2.72. The Balaban J connectivity index is 2.24. The van der Waals surface area contributed by atoms with E-state index in [1.807, 2.05) is 6.07 Å². The monoisotopic (exact) mass is 328 g/mol. The molecule has 1 aromatic heterocycles. The number of carbonyl (C=O) groups is 1. The van der Waals surface area contributed by atoms with Crippen molar-refractivity contribution < 1.29 is 9.18 Å². The summed E-state index contributed by atoms with van der Waals surface area (Å²) in [4.78, 5) is 12.2. The summed E-state index contributed by atoms with van der Waals surface area (Å²) in [6.07, 6.45) is 0. The third-order valence-electron chi connectivity index (χ3n) is 2.30. The van der Waals surface area contributed by atoms with E-state index in [9.17, 15) is 9.18 Å². The molecule has 6 heteroatoms. The highest BCUT2D eigenvalue weighted by molar-refractivity contribution is 9.11. The maximum absolute atomic E-state index is 13.1. The Kier molecular flexibility index (Phi) is 3.98. The minimum atomic E-state index is -0.664. The predicted octanol–water partition coefficient (Wildman–Crippen LogP) is 3.29.